The summed E-state index contributed by atoms with van der Waals surface area (Å²) in [5, 5.41) is 10.7. The summed E-state index contributed by atoms with van der Waals surface area (Å²) in [4.78, 5) is 0. The predicted molar refractivity (Wildman–Crippen MR) is 226 cm³/mol. The standard InChI is InChI=1S/2C22H19.2CH3.2ClH.Si.Ti/c2*1-2-7-16-14-18-10-6-13-21(22(18)15-16)20-12-5-9-17-8-3-4-11-19(17)20;;;;;;/h2*3-6,8-15H,2,7H2,1H3;2*1H3;2*1H;;/q4*-1;;;;. The fraction of sp³-hybridized carbons (Fsp3) is 0.130. The summed E-state index contributed by atoms with van der Waals surface area (Å²) < 4.78 is 0. The first-order valence-electron chi connectivity index (χ1n) is 16.3. The molecule has 0 atom stereocenters. The van der Waals surface area contributed by atoms with Gasteiger partial charge in [0.1, 0.15) is 0 Å². The van der Waals surface area contributed by atoms with Gasteiger partial charge in [-0.3, -0.25) is 0 Å². The molecule has 256 valence electrons. The van der Waals surface area contributed by atoms with E-state index in [9.17, 15) is 0 Å². The fourth-order valence-corrected chi connectivity index (χ4v) is 6.85. The van der Waals surface area contributed by atoms with E-state index in [2.05, 4.69) is 167 Å². The summed E-state index contributed by atoms with van der Waals surface area (Å²) in [5.74, 6) is 0. The van der Waals surface area contributed by atoms with Crippen molar-refractivity contribution in [3.05, 3.63) is 172 Å². The Morgan fingerprint density at radius 2 is 0.760 bits per heavy atom. The summed E-state index contributed by atoms with van der Waals surface area (Å²) in [6.07, 6.45) is 4.70. The second-order valence-electron chi connectivity index (χ2n) is 11.9. The molecule has 8 aromatic carbocycles. The van der Waals surface area contributed by atoms with Gasteiger partial charge in [-0.2, -0.15) is 12.1 Å². The molecule has 0 saturated carbocycles. The number of hydrogen-bond donors (Lipinski definition) is 0. The fourth-order valence-electron chi connectivity index (χ4n) is 6.85. The van der Waals surface area contributed by atoms with Crippen LogP contribution in [0.15, 0.2) is 146 Å². The van der Waals surface area contributed by atoms with Crippen molar-refractivity contribution in [2.24, 2.45) is 0 Å². The molecule has 0 unspecified atom stereocenters. The van der Waals surface area contributed by atoms with E-state index in [1.807, 2.05) is 0 Å². The van der Waals surface area contributed by atoms with Crippen molar-refractivity contribution in [3.8, 4) is 22.3 Å². The van der Waals surface area contributed by atoms with E-state index in [1.165, 1.54) is 89.3 Å². The van der Waals surface area contributed by atoms with Gasteiger partial charge < -0.3 is 14.9 Å². The Balaban J connectivity index is 0.000000307. The van der Waals surface area contributed by atoms with Gasteiger partial charge in [0.25, 0.3) is 0 Å². The number of rotatable bonds is 6. The molecule has 0 aliphatic carbocycles. The molecular formula is C46H46Cl2SiTi-4. The summed E-state index contributed by atoms with van der Waals surface area (Å²) in [6, 6.07) is 53.2. The minimum absolute atomic E-state index is 0. The molecule has 0 amide bonds. The third kappa shape index (κ3) is 9.07. The average Bonchev–Trinajstić information content (AvgIpc) is 3.73. The van der Waals surface area contributed by atoms with Crippen molar-refractivity contribution in [2.75, 3.05) is 0 Å². The van der Waals surface area contributed by atoms with Gasteiger partial charge >= 0.3 is 26.8 Å². The molecule has 8 rings (SSSR count). The quantitative estimate of drug-likeness (QED) is 0.117. The topological polar surface area (TPSA) is 0 Å². The van der Waals surface area contributed by atoms with Crippen molar-refractivity contribution in [3.63, 3.8) is 0 Å². The average molecular weight is 746 g/mol. The molecule has 0 bridgehead atoms. The molecule has 0 heterocycles. The molecule has 0 nitrogen and oxygen atoms in total. The Hall–Kier alpha value is -3.43. The zero-order valence-corrected chi connectivity index (χ0v) is 33.7. The molecule has 4 heteroatoms. The van der Waals surface area contributed by atoms with Crippen LogP contribution in [0.2, 0.25) is 0 Å². The second kappa shape index (κ2) is 20.4. The minimum atomic E-state index is 0. The Morgan fingerprint density at radius 3 is 1.14 bits per heavy atom. The first kappa shape index (κ1) is 42.7. The van der Waals surface area contributed by atoms with Gasteiger partial charge in [-0.05, 0) is 45.5 Å². The molecule has 0 aromatic heterocycles. The van der Waals surface area contributed by atoms with E-state index in [0.29, 0.717) is 0 Å². The van der Waals surface area contributed by atoms with Crippen LogP contribution < -0.4 is 0 Å². The number of halogens is 2. The Bertz CT molecular complexity index is 2070. The van der Waals surface area contributed by atoms with E-state index in [0.717, 1.165) is 12.8 Å². The number of aryl methyl sites for hydroxylation is 2. The predicted octanol–water partition coefficient (Wildman–Crippen LogP) is 14.0. The molecule has 0 fully saturated rings. The van der Waals surface area contributed by atoms with Crippen molar-refractivity contribution >= 4 is 75.5 Å². The van der Waals surface area contributed by atoms with E-state index in [4.69, 9.17) is 0 Å². The maximum atomic E-state index is 2.97. The summed E-state index contributed by atoms with van der Waals surface area (Å²) in [6.45, 7) is 4.48. The monoisotopic (exact) mass is 744 g/mol. The SMILES string of the molecule is CCCc1cc2c(-c3cccc4ccccc34)cccc2[cH-]1.CCCc1cc2c(-c3cccc4ccccc34)cccc2[cH-]1.Cl.Cl.[CH3-].[CH3-].[Si]=[Ti]. The molecule has 0 spiro atoms. The van der Waals surface area contributed by atoms with Crippen LogP contribution in [-0.2, 0) is 32.0 Å². The molecular weight excluding hydrogens is 699 g/mol. The van der Waals surface area contributed by atoms with E-state index >= 15 is 0 Å². The number of benzene rings is 6. The number of hydrogen-bond acceptors (Lipinski definition) is 0. The normalized spacial score (nSPS) is 10.0. The van der Waals surface area contributed by atoms with Gasteiger partial charge in [0, 0.05) is 0 Å². The van der Waals surface area contributed by atoms with Gasteiger partial charge in [0.05, 0.1) is 0 Å². The second-order valence-corrected chi connectivity index (χ2v) is 11.9. The molecule has 0 aliphatic heterocycles. The maximum absolute atomic E-state index is 2.97. The molecule has 0 aliphatic rings. The zero-order valence-electron chi connectivity index (χ0n) is 29.5. The number of fused-ring (bicyclic) bond motifs is 4. The molecule has 0 N–H and O–H groups in total. The van der Waals surface area contributed by atoms with Crippen molar-refractivity contribution in [1.29, 1.82) is 0 Å². The van der Waals surface area contributed by atoms with Crippen LogP contribution in [0.25, 0.3) is 65.3 Å². The van der Waals surface area contributed by atoms with E-state index in [1.54, 1.807) is 19.2 Å². The van der Waals surface area contributed by atoms with Gasteiger partial charge in [0.15, 0.2) is 0 Å². The molecule has 2 radical (unpaired) electrons. The Morgan fingerprint density at radius 1 is 0.440 bits per heavy atom. The van der Waals surface area contributed by atoms with E-state index < -0.39 is 0 Å². The Labute approximate surface area is 325 Å². The molecule has 0 saturated heterocycles. The van der Waals surface area contributed by atoms with Crippen LogP contribution in [0, 0.1) is 14.9 Å². The first-order chi connectivity index (χ1) is 22.7. The van der Waals surface area contributed by atoms with Crippen LogP contribution in [-0.4, -0.2) is 7.63 Å². The Kier molecular flexibility index (Phi) is 17.5. The van der Waals surface area contributed by atoms with Gasteiger partial charge in [-0.1, -0.05) is 135 Å². The van der Waals surface area contributed by atoms with E-state index in [-0.39, 0.29) is 39.7 Å². The third-order valence-corrected chi connectivity index (χ3v) is 8.86. The van der Waals surface area contributed by atoms with Crippen molar-refractivity contribution < 1.29 is 19.2 Å². The van der Waals surface area contributed by atoms with Crippen LogP contribution in [0.3, 0.4) is 0 Å². The summed E-state index contributed by atoms with van der Waals surface area (Å²) in [7, 11) is 2.97. The van der Waals surface area contributed by atoms with Crippen LogP contribution >= 0.6 is 24.8 Å². The van der Waals surface area contributed by atoms with Crippen molar-refractivity contribution in [2.45, 2.75) is 39.5 Å². The summed E-state index contributed by atoms with van der Waals surface area (Å²) >= 11 is 1.81. The zero-order chi connectivity index (χ0) is 31.9. The van der Waals surface area contributed by atoms with Crippen molar-refractivity contribution in [1.82, 2.24) is 0 Å². The van der Waals surface area contributed by atoms with Gasteiger partial charge in [0.2, 0.25) is 0 Å². The molecule has 8 aromatic rings. The van der Waals surface area contributed by atoms with Crippen LogP contribution in [0.4, 0.5) is 0 Å². The van der Waals surface area contributed by atoms with Gasteiger partial charge in [-0.15, -0.1) is 93.9 Å². The molecule has 50 heavy (non-hydrogen) atoms. The van der Waals surface area contributed by atoms with Crippen LogP contribution in [0.1, 0.15) is 37.8 Å². The van der Waals surface area contributed by atoms with Gasteiger partial charge in [-0.25, -0.2) is 0 Å². The first-order valence-corrected chi connectivity index (χ1v) is 19.2. The van der Waals surface area contributed by atoms with Crippen LogP contribution in [0.5, 0.6) is 0 Å². The third-order valence-electron chi connectivity index (χ3n) is 8.86. The summed E-state index contributed by atoms with van der Waals surface area (Å²) in [5.41, 5.74) is 8.25.